The maximum Gasteiger partial charge on any atom is 0.239 e. The molecule has 0 radical (unpaired) electrons. The number of hydrogen-bond donors (Lipinski definition) is 1. The third-order valence-corrected chi connectivity index (χ3v) is 4.39. The monoisotopic (exact) mass is 306 g/mol. The van der Waals surface area contributed by atoms with Crippen LogP contribution in [-0.2, 0) is 4.79 Å². The van der Waals surface area contributed by atoms with E-state index in [2.05, 4.69) is 10.3 Å². The second-order valence-corrected chi connectivity index (χ2v) is 6.43. The summed E-state index contributed by atoms with van der Waals surface area (Å²) >= 11 is 2.74. The zero-order valence-corrected chi connectivity index (χ0v) is 12.8. The predicted molar refractivity (Wildman–Crippen MR) is 82.5 cm³/mol. The van der Waals surface area contributed by atoms with Crippen LogP contribution in [0, 0.1) is 0 Å². The van der Waals surface area contributed by atoms with Crippen molar-refractivity contribution in [1.82, 2.24) is 4.98 Å². The zero-order valence-electron chi connectivity index (χ0n) is 11.1. The van der Waals surface area contributed by atoms with Gasteiger partial charge in [0.2, 0.25) is 5.91 Å². The smallest absolute Gasteiger partial charge is 0.239 e. The van der Waals surface area contributed by atoms with Crippen molar-refractivity contribution in [2.45, 2.75) is 24.0 Å². The normalized spacial score (nSPS) is 11.9. The van der Waals surface area contributed by atoms with E-state index in [0.717, 1.165) is 4.90 Å². The molecule has 20 heavy (non-hydrogen) atoms. The molecule has 0 aliphatic heterocycles. The molecule has 2 aromatic rings. The van der Waals surface area contributed by atoms with Crippen LogP contribution < -0.4 is 5.32 Å². The third kappa shape index (κ3) is 3.91. The van der Waals surface area contributed by atoms with Crippen molar-refractivity contribution >= 4 is 39.9 Å². The lowest BCUT2D eigenvalue weighted by molar-refractivity contribution is -0.115. The van der Waals surface area contributed by atoms with Crippen LogP contribution in [0.3, 0.4) is 0 Å². The molecular formula is C14H14N2O2S2. The van der Waals surface area contributed by atoms with E-state index in [1.165, 1.54) is 30.0 Å². The van der Waals surface area contributed by atoms with Crippen LogP contribution in [-0.4, -0.2) is 21.9 Å². The molecule has 104 valence electrons. The summed E-state index contributed by atoms with van der Waals surface area (Å²) in [5.41, 5.74) is 0.383. The molecule has 0 spiro atoms. The summed E-state index contributed by atoms with van der Waals surface area (Å²) in [6.45, 7) is 3.29. The second kappa shape index (κ2) is 6.67. The van der Waals surface area contributed by atoms with Crippen molar-refractivity contribution < 1.29 is 9.59 Å². The van der Waals surface area contributed by atoms with E-state index in [-0.39, 0.29) is 16.9 Å². The number of Topliss-reactive ketones (excluding diaryl/α,β-unsaturated/α-hetero) is 1. The van der Waals surface area contributed by atoms with Gasteiger partial charge < -0.3 is 5.32 Å². The zero-order chi connectivity index (χ0) is 14.5. The highest BCUT2D eigenvalue weighted by atomic mass is 32.2. The molecule has 0 aliphatic carbocycles. The minimum absolute atomic E-state index is 0.103. The van der Waals surface area contributed by atoms with Gasteiger partial charge >= 0.3 is 0 Å². The van der Waals surface area contributed by atoms with Gasteiger partial charge in [-0.15, -0.1) is 23.1 Å². The van der Waals surface area contributed by atoms with Gasteiger partial charge in [-0.3, -0.25) is 9.59 Å². The molecule has 1 amide bonds. The number of thioether (sulfide) groups is 1. The fraction of sp³-hybridized carbons (Fsp3) is 0.214. The standard InChI is InChI=1S/C14H14N2O2S2/c1-9(17)12-8-19-14(15-12)16-13(18)10(2)20-11-6-4-3-5-7-11/h3-8,10H,1-2H3,(H,15,16,18). The number of anilines is 1. The summed E-state index contributed by atoms with van der Waals surface area (Å²) < 4.78 is 0. The van der Waals surface area contributed by atoms with Gasteiger partial charge in [0, 0.05) is 17.2 Å². The Morgan fingerprint density at radius 1 is 1.30 bits per heavy atom. The largest absolute Gasteiger partial charge is 0.301 e. The molecule has 0 bridgehead atoms. The first-order valence-electron chi connectivity index (χ1n) is 6.05. The Labute approximate surface area is 125 Å². The lowest BCUT2D eigenvalue weighted by Gasteiger charge is -2.10. The van der Waals surface area contributed by atoms with E-state index in [1.54, 1.807) is 5.38 Å². The Kier molecular flexibility index (Phi) is 4.92. The first-order valence-corrected chi connectivity index (χ1v) is 7.81. The highest BCUT2D eigenvalue weighted by Gasteiger charge is 2.16. The van der Waals surface area contributed by atoms with Gasteiger partial charge in [-0.05, 0) is 19.1 Å². The molecule has 0 saturated carbocycles. The number of amides is 1. The summed E-state index contributed by atoms with van der Waals surface area (Å²) in [5.74, 6) is -0.225. The number of ketones is 1. The van der Waals surface area contributed by atoms with E-state index in [1.807, 2.05) is 37.3 Å². The lowest BCUT2D eigenvalue weighted by Crippen LogP contribution is -2.22. The van der Waals surface area contributed by atoms with Crippen LogP contribution in [0.4, 0.5) is 5.13 Å². The van der Waals surface area contributed by atoms with E-state index < -0.39 is 0 Å². The van der Waals surface area contributed by atoms with Crippen LogP contribution in [0.2, 0.25) is 0 Å². The number of aromatic nitrogens is 1. The van der Waals surface area contributed by atoms with Crippen molar-refractivity contribution in [3.8, 4) is 0 Å². The van der Waals surface area contributed by atoms with Crippen molar-refractivity contribution in [2.75, 3.05) is 5.32 Å². The first kappa shape index (κ1) is 14.7. The molecule has 1 aromatic carbocycles. The summed E-state index contributed by atoms with van der Waals surface area (Å²) in [7, 11) is 0. The molecular weight excluding hydrogens is 292 g/mol. The average Bonchev–Trinajstić information content (AvgIpc) is 2.88. The number of hydrogen-bond acceptors (Lipinski definition) is 5. The van der Waals surface area contributed by atoms with Gasteiger partial charge in [-0.2, -0.15) is 0 Å². The molecule has 6 heteroatoms. The fourth-order valence-corrected chi connectivity index (χ4v) is 3.10. The van der Waals surface area contributed by atoms with Gasteiger partial charge in [-0.25, -0.2) is 4.98 Å². The average molecular weight is 306 g/mol. The topological polar surface area (TPSA) is 59.1 Å². The summed E-state index contributed by atoms with van der Waals surface area (Å²) in [5, 5.41) is 4.60. The minimum atomic E-state index is -0.234. The van der Waals surface area contributed by atoms with Crippen LogP contribution in [0.15, 0.2) is 40.6 Å². The van der Waals surface area contributed by atoms with Gasteiger partial charge in [0.15, 0.2) is 10.9 Å². The van der Waals surface area contributed by atoms with E-state index in [9.17, 15) is 9.59 Å². The SMILES string of the molecule is CC(=O)c1csc(NC(=O)C(C)Sc2ccccc2)n1. The van der Waals surface area contributed by atoms with E-state index in [4.69, 9.17) is 0 Å². The van der Waals surface area contributed by atoms with Gasteiger partial charge in [0.1, 0.15) is 5.69 Å². The highest BCUT2D eigenvalue weighted by molar-refractivity contribution is 8.00. The van der Waals surface area contributed by atoms with Gasteiger partial charge in [0.25, 0.3) is 0 Å². The Hall–Kier alpha value is -1.66. The Morgan fingerprint density at radius 2 is 2.00 bits per heavy atom. The molecule has 1 unspecified atom stereocenters. The first-order chi connectivity index (χ1) is 9.56. The highest BCUT2D eigenvalue weighted by Crippen LogP contribution is 2.24. The predicted octanol–water partition coefficient (Wildman–Crippen LogP) is 3.47. The van der Waals surface area contributed by atoms with Crippen molar-refractivity contribution in [3.05, 3.63) is 41.4 Å². The summed E-state index contributed by atoms with van der Waals surface area (Å²) in [4.78, 5) is 28.3. The minimum Gasteiger partial charge on any atom is -0.301 e. The molecule has 0 fully saturated rings. The second-order valence-electron chi connectivity index (χ2n) is 4.16. The molecule has 0 aliphatic rings. The molecule has 1 atom stereocenters. The van der Waals surface area contributed by atoms with Crippen LogP contribution in [0.1, 0.15) is 24.3 Å². The van der Waals surface area contributed by atoms with Gasteiger partial charge in [0.05, 0.1) is 5.25 Å². The number of benzene rings is 1. The maximum atomic E-state index is 12.0. The Morgan fingerprint density at radius 3 is 2.60 bits per heavy atom. The number of carbonyl (C=O) groups excluding carboxylic acids is 2. The third-order valence-electron chi connectivity index (χ3n) is 2.52. The Bertz CT molecular complexity index is 611. The summed E-state index contributed by atoms with van der Waals surface area (Å²) in [6.07, 6.45) is 0. The van der Waals surface area contributed by atoms with E-state index >= 15 is 0 Å². The lowest BCUT2D eigenvalue weighted by atomic mass is 10.4. The molecule has 4 nitrogen and oxygen atoms in total. The number of nitrogens with one attached hydrogen (secondary N) is 1. The van der Waals surface area contributed by atoms with Crippen molar-refractivity contribution in [2.24, 2.45) is 0 Å². The molecule has 2 rings (SSSR count). The molecule has 1 N–H and O–H groups in total. The Balaban J connectivity index is 1.95. The van der Waals surface area contributed by atoms with Crippen molar-refractivity contribution in [1.29, 1.82) is 0 Å². The fourth-order valence-electron chi connectivity index (χ4n) is 1.46. The van der Waals surface area contributed by atoms with Crippen LogP contribution in [0.5, 0.6) is 0 Å². The molecule has 1 aromatic heterocycles. The number of carbonyl (C=O) groups is 2. The quantitative estimate of drug-likeness (QED) is 0.679. The number of nitrogens with zero attached hydrogens (tertiary/aromatic N) is 1. The van der Waals surface area contributed by atoms with Crippen molar-refractivity contribution in [3.63, 3.8) is 0 Å². The van der Waals surface area contributed by atoms with E-state index in [0.29, 0.717) is 10.8 Å². The number of rotatable bonds is 5. The molecule has 0 saturated heterocycles. The van der Waals surface area contributed by atoms with Crippen LogP contribution >= 0.6 is 23.1 Å². The molecule has 1 heterocycles. The van der Waals surface area contributed by atoms with Crippen LogP contribution in [0.25, 0.3) is 0 Å². The number of thiazole rings is 1. The maximum absolute atomic E-state index is 12.0. The van der Waals surface area contributed by atoms with Gasteiger partial charge in [-0.1, -0.05) is 18.2 Å². The summed E-state index contributed by atoms with van der Waals surface area (Å²) in [6, 6.07) is 9.74.